The zero-order chi connectivity index (χ0) is 25.6. The number of aromatic nitrogens is 3. The molecule has 5 rings (SSSR count). The SMILES string of the molecule is CCc1ccc2c(c1)CCc1sc(C)nc1C2(O)c1c[nH]c(=O)n(Cc2cccc(C(=O)O)c2)c1=O. The summed E-state index contributed by atoms with van der Waals surface area (Å²) in [7, 11) is 0. The van der Waals surface area contributed by atoms with Gasteiger partial charge in [0.2, 0.25) is 0 Å². The fourth-order valence-corrected chi connectivity index (χ4v) is 5.88. The number of hydrogen-bond acceptors (Lipinski definition) is 6. The van der Waals surface area contributed by atoms with Crippen LogP contribution in [0.25, 0.3) is 0 Å². The van der Waals surface area contributed by atoms with Crippen LogP contribution in [0.4, 0.5) is 0 Å². The van der Waals surface area contributed by atoms with Crippen LogP contribution < -0.4 is 11.2 Å². The van der Waals surface area contributed by atoms with Gasteiger partial charge in [-0.3, -0.25) is 9.36 Å². The van der Waals surface area contributed by atoms with E-state index in [4.69, 9.17) is 0 Å². The summed E-state index contributed by atoms with van der Waals surface area (Å²) in [5.41, 5.74) is 0.408. The van der Waals surface area contributed by atoms with Crippen molar-refractivity contribution in [2.24, 2.45) is 0 Å². The number of carboxylic acid groups (broad SMARTS) is 1. The van der Waals surface area contributed by atoms with Crippen molar-refractivity contribution in [3.8, 4) is 0 Å². The molecular weight excluding hydrogens is 478 g/mol. The fourth-order valence-electron chi connectivity index (χ4n) is 4.90. The molecule has 0 saturated heterocycles. The van der Waals surface area contributed by atoms with Crippen LogP contribution in [0, 0.1) is 6.92 Å². The quantitative estimate of drug-likeness (QED) is 0.385. The molecule has 0 radical (unpaired) electrons. The summed E-state index contributed by atoms with van der Waals surface area (Å²) in [6.07, 6.45) is 3.49. The summed E-state index contributed by atoms with van der Waals surface area (Å²) in [5, 5.41) is 22.5. The van der Waals surface area contributed by atoms with E-state index in [0.29, 0.717) is 29.7 Å². The number of benzene rings is 2. The van der Waals surface area contributed by atoms with E-state index in [2.05, 4.69) is 23.0 Å². The van der Waals surface area contributed by atoms with Crippen molar-refractivity contribution in [2.45, 2.75) is 45.3 Å². The molecule has 2 aromatic carbocycles. The number of nitrogens with one attached hydrogen (secondary N) is 1. The molecule has 0 bridgehead atoms. The highest BCUT2D eigenvalue weighted by Gasteiger charge is 2.44. The van der Waals surface area contributed by atoms with Crippen molar-refractivity contribution in [3.63, 3.8) is 0 Å². The van der Waals surface area contributed by atoms with Gasteiger partial charge >= 0.3 is 11.7 Å². The van der Waals surface area contributed by atoms with Gasteiger partial charge in [-0.2, -0.15) is 0 Å². The first-order chi connectivity index (χ1) is 17.2. The molecule has 4 aromatic rings. The van der Waals surface area contributed by atoms with E-state index in [1.165, 1.54) is 29.7 Å². The van der Waals surface area contributed by atoms with Gasteiger partial charge in [-0.15, -0.1) is 11.3 Å². The van der Waals surface area contributed by atoms with E-state index >= 15 is 0 Å². The molecule has 1 atom stereocenters. The van der Waals surface area contributed by atoms with E-state index in [1.807, 2.05) is 19.1 Å². The van der Waals surface area contributed by atoms with Crippen LogP contribution in [-0.2, 0) is 31.4 Å². The number of fused-ring (bicyclic) bond motifs is 2. The Kier molecular flexibility index (Phi) is 5.97. The monoisotopic (exact) mass is 503 g/mol. The molecule has 0 amide bonds. The van der Waals surface area contributed by atoms with Crippen LogP contribution in [0.15, 0.2) is 58.3 Å². The molecule has 1 aliphatic rings. The normalized spacial score (nSPS) is 16.8. The molecule has 8 nitrogen and oxygen atoms in total. The second kappa shape index (κ2) is 9.00. The molecular formula is C27H25N3O5S. The van der Waals surface area contributed by atoms with Crippen LogP contribution in [-0.4, -0.2) is 30.7 Å². The van der Waals surface area contributed by atoms with Gasteiger partial charge in [0.05, 0.1) is 28.4 Å². The Bertz CT molecular complexity index is 1620. The van der Waals surface area contributed by atoms with E-state index in [-0.39, 0.29) is 17.7 Å². The number of aryl methyl sites for hydroxylation is 4. The lowest BCUT2D eigenvalue weighted by atomic mass is 9.82. The zero-order valence-corrected chi connectivity index (χ0v) is 20.7. The maximum absolute atomic E-state index is 13.8. The lowest BCUT2D eigenvalue weighted by molar-refractivity contribution is 0.0696. The Morgan fingerprint density at radius 1 is 1.14 bits per heavy atom. The van der Waals surface area contributed by atoms with Crippen molar-refractivity contribution in [2.75, 3.05) is 0 Å². The highest BCUT2D eigenvalue weighted by atomic mass is 32.1. The second-order valence-corrected chi connectivity index (χ2v) is 10.3. The predicted octanol–water partition coefficient (Wildman–Crippen LogP) is 2.99. The molecule has 2 aromatic heterocycles. The van der Waals surface area contributed by atoms with Crippen molar-refractivity contribution in [3.05, 3.63) is 118 Å². The minimum atomic E-state index is -1.86. The maximum Gasteiger partial charge on any atom is 0.335 e. The smallest absolute Gasteiger partial charge is 0.335 e. The molecule has 1 aliphatic carbocycles. The lowest BCUT2D eigenvalue weighted by Gasteiger charge is -2.29. The fraction of sp³-hybridized carbons (Fsp3) is 0.259. The Hall–Kier alpha value is -3.82. The minimum absolute atomic E-state index is 0.00422. The van der Waals surface area contributed by atoms with Gasteiger partial charge < -0.3 is 15.2 Å². The first-order valence-corrected chi connectivity index (χ1v) is 12.5. The van der Waals surface area contributed by atoms with Crippen LogP contribution in [0.3, 0.4) is 0 Å². The van der Waals surface area contributed by atoms with Crippen molar-refractivity contribution >= 4 is 17.3 Å². The standard InChI is InChI=1S/C27H25N3O5S/c1-3-16-7-9-20-18(11-16)8-10-22-23(29-15(2)36-22)27(20,35)21-13-28-26(34)30(24(21)31)14-17-5-4-6-19(12-17)25(32)33/h4-7,9,11-13,35H,3,8,10,14H2,1-2H3,(H,28,34)(H,32,33). The van der Waals surface area contributed by atoms with Gasteiger partial charge in [0.1, 0.15) is 0 Å². The number of aromatic amines is 1. The van der Waals surface area contributed by atoms with E-state index in [0.717, 1.165) is 32.0 Å². The van der Waals surface area contributed by atoms with E-state index in [9.17, 15) is 24.6 Å². The Morgan fingerprint density at radius 2 is 1.94 bits per heavy atom. The lowest BCUT2D eigenvalue weighted by Crippen LogP contribution is -2.44. The summed E-state index contributed by atoms with van der Waals surface area (Å²) in [5.74, 6) is -1.10. The molecule has 1 unspecified atom stereocenters. The molecule has 0 fully saturated rings. The Morgan fingerprint density at radius 3 is 2.69 bits per heavy atom. The molecule has 2 heterocycles. The molecule has 9 heteroatoms. The topological polar surface area (TPSA) is 125 Å². The predicted molar refractivity (Wildman–Crippen MR) is 136 cm³/mol. The Balaban J connectivity index is 1.73. The molecule has 0 saturated carbocycles. The van der Waals surface area contributed by atoms with Gasteiger partial charge in [0.25, 0.3) is 5.56 Å². The number of carbonyl (C=O) groups is 1. The maximum atomic E-state index is 13.8. The van der Waals surface area contributed by atoms with E-state index in [1.54, 1.807) is 12.1 Å². The molecule has 0 aliphatic heterocycles. The largest absolute Gasteiger partial charge is 0.478 e. The number of carboxylic acids is 1. The zero-order valence-electron chi connectivity index (χ0n) is 19.9. The average Bonchev–Trinajstić information content (AvgIpc) is 3.21. The summed E-state index contributed by atoms with van der Waals surface area (Å²) in [6.45, 7) is 3.78. The number of hydrogen-bond donors (Lipinski definition) is 3. The summed E-state index contributed by atoms with van der Waals surface area (Å²) in [6, 6.07) is 11.9. The first kappa shape index (κ1) is 23.9. The summed E-state index contributed by atoms with van der Waals surface area (Å²) in [4.78, 5) is 46.1. The number of aromatic carboxylic acids is 1. The van der Waals surface area contributed by atoms with Crippen LogP contribution in [0.1, 0.15) is 60.7 Å². The van der Waals surface area contributed by atoms with Gasteiger partial charge in [-0.1, -0.05) is 37.3 Å². The van der Waals surface area contributed by atoms with Crippen LogP contribution >= 0.6 is 11.3 Å². The van der Waals surface area contributed by atoms with Crippen LogP contribution in [0.2, 0.25) is 0 Å². The molecule has 3 N–H and O–H groups in total. The summed E-state index contributed by atoms with van der Waals surface area (Å²) >= 11 is 1.49. The number of nitrogens with zero attached hydrogens (tertiary/aromatic N) is 2. The molecule has 0 spiro atoms. The number of thiazole rings is 1. The van der Waals surface area contributed by atoms with Crippen molar-refractivity contribution < 1.29 is 15.0 Å². The first-order valence-electron chi connectivity index (χ1n) is 11.7. The van der Waals surface area contributed by atoms with Crippen molar-refractivity contribution in [1.82, 2.24) is 14.5 Å². The highest BCUT2D eigenvalue weighted by molar-refractivity contribution is 7.11. The third kappa shape index (κ3) is 3.90. The van der Waals surface area contributed by atoms with Gasteiger partial charge in [-0.25, -0.2) is 14.6 Å². The summed E-state index contributed by atoms with van der Waals surface area (Å²) < 4.78 is 0.984. The van der Waals surface area contributed by atoms with Gasteiger partial charge in [0.15, 0.2) is 5.60 Å². The third-order valence-electron chi connectivity index (χ3n) is 6.70. The van der Waals surface area contributed by atoms with E-state index < -0.39 is 22.8 Å². The van der Waals surface area contributed by atoms with Gasteiger partial charge in [0, 0.05) is 11.1 Å². The van der Waals surface area contributed by atoms with Crippen LogP contribution in [0.5, 0.6) is 0 Å². The van der Waals surface area contributed by atoms with Gasteiger partial charge in [-0.05, 0) is 60.6 Å². The highest BCUT2D eigenvalue weighted by Crippen LogP contribution is 2.42. The second-order valence-electron chi connectivity index (χ2n) is 8.96. The third-order valence-corrected chi connectivity index (χ3v) is 7.73. The Labute approximate surface area is 210 Å². The number of H-pyrrole nitrogens is 1. The average molecular weight is 504 g/mol. The minimum Gasteiger partial charge on any atom is -0.478 e. The van der Waals surface area contributed by atoms with Crippen molar-refractivity contribution in [1.29, 1.82) is 0 Å². The molecule has 184 valence electrons. The number of aliphatic hydroxyl groups is 1. The molecule has 36 heavy (non-hydrogen) atoms. The number of rotatable bonds is 5.